The van der Waals surface area contributed by atoms with E-state index in [-0.39, 0.29) is 24.9 Å². The highest BCUT2D eigenvalue weighted by atomic mass is 79.9. The van der Waals surface area contributed by atoms with Crippen LogP contribution in [0.25, 0.3) is 0 Å². The molecule has 0 saturated heterocycles. The van der Waals surface area contributed by atoms with Crippen molar-refractivity contribution in [3.63, 3.8) is 0 Å². The first-order chi connectivity index (χ1) is 8.97. The van der Waals surface area contributed by atoms with E-state index in [0.29, 0.717) is 5.56 Å². The van der Waals surface area contributed by atoms with Crippen molar-refractivity contribution in [1.82, 2.24) is 4.90 Å². The van der Waals surface area contributed by atoms with Crippen molar-refractivity contribution < 1.29 is 14.7 Å². The minimum atomic E-state index is -0.871. The monoisotopic (exact) mass is 325 g/mol. The quantitative estimate of drug-likeness (QED) is 0.905. The minimum Gasteiger partial charge on any atom is -0.481 e. The second-order valence-electron chi connectivity index (χ2n) is 4.89. The number of carboxylic acids is 1. The second-order valence-corrected chi connectivity index (χ2v) is 5.81. The Morgan fingerprint density at radius 1 is 1.37 bits per heavy atom. The average Bonchev–Trinajstić information content (AvgIpc) is 3.11. The van der Waals surface area contributed by atoms with Gasteiger partial charge < -0.3 is 10.0 Å². The number of rotatable bonds is 5. The van der Waals surface area contributed by atoms with Gasteiger partial charge in [-0.25, -0.2) is 0 Å². The van der Waals surface area contributed by atoms with Crippen LogP contribution in [-0.4, -0.2) is 34.5 Å². The molecule has 0 atom stereocenters. The van der Waals surface area contributed by atoms with Crippen LogP contribution in [0.5, 0.6) is 0 Å². The van der Waals surface area contributed by atoms with Crippen molar-refractivity contribution in [3.05, 3.63) is 33.8 Å². The largest absolute Gasteiger partial charge is 0.481 e. The van der Waals surface area contributed by atoms with E-state index in [9.17, 15) is 9.59 Å². The molecule has 102 valence electrons. The number of carbonyl (C=O) groups excluding carboxylic acids is 1. The van der Waals surface area contributed by atoms with Crippen LogP contribution >= 0.6 is 15.9 Å². The third-order valence-electron chi connectivity index (χ3n) is 3.10. The Labute approximate surface area is 120 Å². The number of hydrogen-bond acceptors (Lipinski definition) is 2. The van der Waals surface area contributed by atoms with Crippen LogP contribution in [0.4, 0.5) is 0 Å². The molecular formula is C14H16BrNO3. The predicted molar refractivity (Wildman–Crippen MR) is 75.2 cm³/mol. The predicted octanol–water partition coefficient (Wildman–Crippen LogP) is 2.84. The minimum absolute atomic E-state index is 0.00474. The third-order valence-corrected chi connectivity index (χ3v) is 3.56. The molecule has 4 nitrogen and oxygen atoms in total. The molecule has 2 rings (SSSR count). The standard InChI is InChI=1S/C14H16BrNO3/c1-9-6-10(8-11(15)7-9)14(19)16(12-2-3-12)5-4-13(17)18/h6-8,12H,2-5H2,1H3,(H,17,18). The van der Waals surface area contributed by atoms with Gasteiger partial charge in [-0.1, -0.05) is 15.9 Å². The van der Waals surface area contributed by atoms with E-state index >= 15 is 0 Å². The van der Waals surface area contributed by atoms with E-state index in [4.69, 9.17) is 5.11 Å². The third kappa shape index (κ3) is 3.80. The first-order valence-electron chi connectivity index (χ1n) is 6.27. The van der Waals surface area contributed by atoms with Crippen molar-refractivity contribution in [1.29, 1.82) is 0 Å². The molecule has 0 unspecified atom stereocenters. The van der Waals surface area contributed by atoms with E-state index in [1.807, 2.05) is 19.1 Å². The number of benzene rings is 1. The van der Waals surface area contributed by atoms with E-state index in [1.54, 1.807) is 11.0 Å². The lowest BCUT2D eigenvalue weighted by atomic mass is 10.1. The lowest BCUT2D eigenvalue weighted by Crippen LogP contribution is -2.35. The lowest BCUT2D eigenvalue weighted by Gasteiger charge is -2.22. The van der Waals surface area contributed by atoms with Gasteiger partial charge >= 0.3 is 5.97 Å². The first kappa shape index (κ1) is 14.1. The summed E-state index contributed by atoms with van der Waals surface area (Å²) in [5.74, 6) is -0.947. The van der Waals surface area contributed by atoms with Gasteiger partial charge in [0.05, 0.1) is 6.42 Å². The summed E-state index contributed by atoms with van der Waals surface area (Å²) in [6.07, 6.45) is 1.94. The summed E-state index contributed by atoms with van der Waals surface area (Å²) < 4.78 is 0.866. The Morgan fingerprint density at radius 3 is 2.58 bits per heavy atom. The molecule has 1 aromatic rings. The normalized spacial score (nSPS) is 14.2. The zero-order valence-corrected chi connectivity index (χ0v) is 12.3. The molecule has 1 aromatic carbocycles. The summed E-state index contributed by atoms with van der Waals surface area (Å²) in [5, 5.41) is 8.76. The smallest absolute Gasteiger partial charge is 0.305 e. The highest BCUT2D eigenvalue weighted by Gasteiger charge is 2.33. The van der Waals surface area contributed by atoms with Crippen LogP contribution in [0, 0.1) is 6.92 Å². The van der Waals surface area contributed by atoms with Gasteiger partial charge in [-0.15, -0.1) is 0 Å². The molecule has 1 saturated carbocycles. The maximum atomic E-state index is 12.5. The van der Waals surface area contributed by atoms with E-state index in [0.717, 1.165) is 22.9 Å². The molecule has 1 N–H and O–H groups in total. The molecule has 0 bridgehead atoms. The molecule has 1 fully saturated rings. The van der Waals surface area contributed by atoms with E-state index < -0.39 is 5.97 Å². The lowest BCUT2D eigenvalue weighted by molar-refractivity contribution is -0.137. The summed E-state index contributed by atoms with van der Waals surface area (Å²) in [6, 6.07) is 5.77. The van der Waals surface area contributed by atoms with Crippen LogP contribution in [0.1, 0.15) is 35.2 Å². The number of aryl methyl sites for hydroxylation is 1. The fourth-order valence-corrected chi connectivity index (χ4v) is 2.69. The molecule has 0 radical (unpaired) electrons. The molecule has 0 spiro atoms. The summed E-state index contributed by atoms with van der Waals surface area (Å²) >= 11 is 3.38. The number of carbonyl (C=O) groups is 2. The Bertz CT molecular complexity index is 491. The fraction of sp³-hybridized carbons (Fsp3) is 0.429. The van der Waals surface area contributed by atoms with Crippen LogP contribution in [-0.2, 0) is 4.79 Å². The number of halogens is 1. The van der Waals surface area contributed by atoms with Crippen LogP contribution in [0.15, 0.2) is 22.7 Å². The van der Waals surface area contributed by atoms with Crippen molar-refractivity contribution in [2.24, 2.45) is 0 Å². The van der Waals surface area contributed by atoms with Crippen molar-refractivity contribution in [2.75, 3.05) is 6.54 Å². The zero-order valence-electron chi connectivity index (χ0n) is 10.7. The molecule has 5 heteroatoms. The van der Waals surface area contributed by atoms with Crippen LogP contribution in [0.3, 0.4) is 0 Å². The van der Waals surface area contributed by atoms with Gasteiger partial charge in [0.25, 0.3) is 5.91 Å². The Morgan fingerprint density at radius 2 is 2.05 bits per heavy atom. The summed E-state index contributed by atoms with van der Waals surface area (Å²) in [6.45, 7) is 2.21. The summed E-state index contributed by atoms with van der Waals surface area (Å²) in [7, 11) is 0. The first-order valence-corrected chi connectivity index (χ1v) is 7.06. The molecule has 0 aromatic heterocycles. The maximum Gasteiger partial charge on any atom is 0.305 e. The number of aliphatic carboxylic acids is 1. The number of carboxylic acid groups (broad SMARTS) is 1. The highest BCUT2D eigenvalue weighted by molar-refractivity contribution is 9.10. The van der Waals surface area contributed by atoms with Crippen LogP contribution in [0.2, 0.25) is 0 Å². The Balaban J connectivity index is 2.16. The number of amides is 1. The molecule has 1 amide bonds. The molecule has 1 aliphatic rings. The molecule has 0 heterocycles. The van der Waals surface area contributed by atoms with Crippen molar-refractivity contribution in [3.8, 4) is 0 Å². The second kappa shape index (κ2) is 5.74. The van der Waals surface area contributed by atoms with Crippen molar-refractivity contribution >= 4 is 27.8 Å². The Hall–Kier alpha value is -1.36. The van der Waals surface area contributed by atoms with Gasteiger partial charge in [0, 0.05) is 22.6 Å². The summed E-state index contributed by atoms with van der Waals surface area (Å²) in [4.78, 5) is 24.8. The average molecular weight is 326 g/mol. The van der Waals surface area contributed by atoms with Gasteiger partial charge in [0.1, 0.15) is 0 Å². The number of nitrogens with zero attached hydrogens (tertiary/aromatic N) is 1. The summed E-state index contributed by atoms with van der Waals surface area (Å²) in [5.41, 5.74) is 1.62. The maximum absolute atomic E-state index is 12.5. The van der Waals surface area contributed by atoms with Gasteiger partial charge in [-0.3, -0.25) is 9.59 Å². The SMILES string of the molecule is Cc1cc(Br)cc(C(=O)N(CCC(=O)O)C2CC2)c1. The van der Waals surface area contributed by atoms with Crippen LogP contribution < -0.4 is 0 Å². The van der Waals surface area contributed by atoms with Gasteiger partial charge in [0.15, 0.2) is 0 Å². The van der Waals surface area contributed by atoms with E-state index in [2.05, 4.69) is 15.9 Å². The topological polar surface area (TPSA) is 57.6 Å². The van der Waals surface area contributed by atoms with Gasteiger partial charge in [-0.05, 0) is 43.5 Å². The van der Waals surface area contributed by atoms with Crippen molar-refractivity contribution in [2.45, 2.75) is 32.2 Å². The molecule has 0 aliphatic heterocycles. The number of hydrogen-bond donors (Lipinski definition) is 1. The van der Waals surface area contributed by atoms with Gasteiger partial charge in [-0.2, -0.15) is 0 Å². The van der Waals surface area contributed by atoms with E-state index in [1.165, 1.54) is 0 Å². The molecule has 1 aliphatic carbocycles. The highest BCUT2D eigenvalue weighted by Crippen LogP contribution is 2.29. The molecule has 19 heavy (non-hydrogen) atoms. The van der Waals surface area contributed by atoms with Gasteiger partial charge in [0.2, 0.25) is 0 Å². The molecular weight excluding hydrogens is 310 g/mol. The zero-order chi connectivity index (χ0) is 14.0. The fourth-order valence-electron chi connectivity index (χ4n) is 2.08. The Kier molecular flexibility index (Phi) is 4.24.